The Balaban J connectivity index is 1.02. The van der Waals surface area contributed by atoms with Crippen LogP contribution in [0.15, 0.2) is 194 Å². The molecule has 0 bridgehead atoms. The molecule has 6 nitrogen and oxygen atoms in total. The van der Waals surface area contributed by atoms with Gasteiger partial charge in [-0.2, -0.15) is 0 Å². The summed E-state index contributed by atoms with van der Waals surface area (Å²) < 4.78 is 0. The Morgan fingerprint density at radius 3 is 0.926 bits per heavy atom. The van der Waals surface area contributed by atoms with Crippen LogP contribution in [0.4, 0.5) is 0 Å². The van der Waals surface area contributed by atoms with E-state index in [1.54, 1.807) is 12.4 Å². The van der Waals surface area contributed by atoms with Gasteiger partial charge in [0, 0.05) is 29.1 Å². The van der Waals surface area contributed by atoms with Crippen molar-refractivity contribution >= 4 is 0 Å². The number of hydrogen-bond donors (Lipinski definition) is 0. The molecule has 4 heterocycles. The van der Waals surface area contributed by atoms with E-state index in [-0.39, 0.29) is 0 Å². The Kier molecular flexibility index (Phi) is 8.81. The van der Waals surface area contributed by atoms with Crippen molar-refractivity contribution in [2.24, 2.45) is 0 Å². The highest BCUT2D eigenvalue weighted by Gasteiger charge is 2.14. The lowest BCUT2D eigenvalue weighted by Gasteiger charge is -2.11. The first-order valence-electron chi connectivity index (χ1n) is 17.8. The van der Waals surface area contributed by atoms with Crippen LogP contribution in [0.25, 0.3) is 90.3 Å². The van der Waals surface area contributed by atoms with Gasteiger partial charge in [-0.1, -0.05) is 146 Å². The van der Waals surface area contributed by atoms with Gasteiger partial charge in [-0.15, -0.1) is 0 Å². The van der Waals surface area contributed by atoms with Crippen molar-refractivity contribution in [2.45, 2.75) is 0 Å². The van der Waals surface area contributed by atoms with E-state index >= 15 is 0 Å². The van der Waals surface area contributed by atoms with Crippen LogP contribution >= 0.6 is 0 Å². The molecule has 5 aromatic carbocycles. The summed E-state index contributed by atoms with van der Waals surface area (Å²) in [7, 11) is 0. The van der Waals surface area contributed by atoms with Crippen LogP contribution in [-0.2, 0) is 0 Å². The monoisotopic (exact) mass is 692 g/mol. The second-order valence-corrected chi connectivity index (χ2v) is 12.8. The lowest BCUT2D eigenvalue weighted by atomic mass is 9.98. The molecule has 0 unspecified atom stereocenters. The van der Waals surface area contributed by atoms with Crippen LogP contribution < -0.4 is 0 Å². The smallest absolute Gasteiger partial charge is 0.164 e. The molecule has 0 N–H and O–H groups in total. The zero-order valence-electron chi connectivity index (χ0n) is 29.2. The highest BCUT2D eigenvalue weighted by atomic mass is 15.0. The molecule has 0 aliphatic rings. The van der Waals surface area contributed by atoms with E-state index in [1.165, 1.54) is 5.56 Å². The van der Waals surface area contributed by atoms with E-state index < -0.39 is 0 Å². The summed E-state index contributed by atoms with van der Waals surface area (Å²) in [5, 5.41) is 0. The molecule has 6 heteroatoms. The molecule has 0 spiro atoms. The van der Waals surface area contributed by atoms with E-state index in [0.29, 0.717) is 17.5 Å². The molecule has 0 saturated carbocycles. The van der Waals surface area contributed by atoms with Crippen LogP contribution in [0, 0.1) is 0 Å². The van der Waals surface area contributed by atoms with Crippen molar-refractivity contribution in [3.63, 3.8) is 0 Å². The molecule has 0 radical (unpaired) electrons. The summed E-state index contributed by atoms with van der Waals surface area (Å²) in [5.41, 5.74) is 12.7. The van der Waals surface area contributed by atoms with Gasteiger partial charge in [0.15, 0.2) is 17.5 Å². The van der Waals surface area contributed by atoms with Gasteiger partial charge in [-0.25, -0.2) is 19.9 Å². The minimum Gasteiger partial charge on any atom is -0.255 e. The Morgan fingerprint density at radius 1 is 0.222 bits per heavy atom. The topological polar surface area (TPSA) is 77.3 Å². The van der Waals surface area contributed by atoms with Gasteiger partial charge in [-0.05, 0) is 69.8 Å². The second-order valence-electron chi connectivity index (χ2n) is 12.8. The van der Waals surface area contributed by atoms with Crippen molar-refractivity contribution in [1.29, 1.82) is 0 Å². The third kappa shape index (κ3) is 6.92. The fourth-order valence-corrected chi connectivity index (χ4v) is 6.45. The molecule has 254 valence electrons. The minimum atomic E-state index is 0.623. The average Bonchev–Trinajstić information content (AvgIpc) is 3.27. The summed E-state index contributed by atoms with van der Waals surface area (Å²) in [4.78, 5) is 28.9. The lowest BCUT2D eigenvalue weighted by Crippen LogP contribution is -2.00. The molecule has 9 aromatic rings. The average molecular weight is 693 g/mol. The highest BCUT2D eigenvalue weighted by Crippen LogP contribution is 2.32. The third-order valence-corrected chi connectivity index (χ3v) is 9.29. The summed E-state index contributed by atoms with van der Waals surface area (Å²) in [6.45, 7) is 0. The lowest BCUT2D eigenvalue weighted by molar-refractivity contribution is 1.07. The van der Waals surface area contributed by atoms with Gasteiger partial charge in [0.1, 0.15) is 0 Å². The van der Waals surface area contributed by atoms with E-state index in [2.05, 4.69) is 119 Å². The SMILES string of the molecule is c1ccc(-c2ccc(-c3nc(-c4ccccc4)nc(-c4ccc(-c5ccc(-c6cc(-c7ccccn7)nc(-c7ccccn7)c6)cc5)cc4)n3)cc2)cc1. The summed E-state index contributed by atoms with van der Waals surface area (Å²) in [6.07, 6.45) is 3.58. The zero-order valence-corrected chi connectivity index (χ0v) is 29.2. The number of aromatic nitrogens is 6. The van der Waals surface area contributed by atoms with Crippen LogP contribution in [0.5, 0.6) is 0 Å². The Bertz CT molecular complexity index is 2590. The van der Waals surface area contributed by atoms with Gasteiger partial charge in [0.2, 0.25) is 0 Å². The van der Waals surface area contributed by atoms with Gasteiger partial charge >= 0.3 is 0 Å². The zero-order chi connectivity index (χ0) is 36.1. The third-order valence-electron chi connectivity index (χ3n) is 9.29. The maximum Gasteiger partial charge on any atom is 0.164 e. The highest BCUT2D eigenvalue weighted by molar-refractivity contribution is 5.78. The van der Waals surface area contributed by atoms with Crippen molar-refractivity contribution in [3.05, 3.63) is 194 Å². The van der Waals surface area contributed by atoms with Crippen LogP contribution in [0.1, 0.15) is 0 Å². The molecule has 0 aliphatic carbocycles. The van der Waals surface area contributed by atoms with E-state index in [4.69, 9.17) is 19.9 Å². The van der Waals surface area contributed by atoms with Crippen LogP contribution in [-0.4, -0.2) is 29.9 Å². The van der Waals surface area contributed by atoms with Gasteiger partial charge in [-0.3, -0.25) is 9.97 Å². The van der Waals surface area contributed by atoms with Crippen LogP contribution in [0.3, 0.4) is 0 Å². The number of hydrogen-bond acceptors (Lipinski definition) is 6. The fourth-order valence-electron chi connectivity index (χ4n) is 6.45. The molecule has 9 rings (SSSR count). The number of pyridine rings is 3. The number of nitrogens with zero attached hydrogens (tertiary/aromatic N) is 6. The maximum atomic E-state index is 4.97. The molecular weight excluding hydrogens is 661 g/mol. The van der Waals surface area contributed by atoms with Crippen molar-refractivity contribution < 1.29 is 0 Å². The predicted molar refractivity (Wildman–Crippen MR) is 217 cm³/mol. The molecule has 0 amide bonds. The molecule has 0 aliphatic heterocycles. The molecule has 54 heavy (non-hydrogen) atoms. The number of benzene rings is 5. The first kappa shape index (κ1) is 32.5. The molecule has 0 saturated heterocycles. The van der Waals surface area contributed by atoms with E-state index in [0.717, 1.165) is 67.3 Å². The molecule has 4 aromatic heterocycles. The van der Waals surface area contributed by atoms with Gasteiger partial charge in [0.25, 0.3) is 0 Å². The Labute approximate surface area is 313 Å². The van der Waals surface area contributed by atoms with Crippen LogP contribution in [0.2, 0.25) is 0 Å². The van der Waals surface area contributed by atoms with E-state index in [9.17, 15) is 0 Å². The quantitative estimate of drug-likeness (QED) is 0.158. The number of rotatable bonds is 8. The van der Waals surface area contributed by atoms with Gasteiger partial charge in [0.05, 0.1) is 22.8 Å². The van der Waals surface area contributed by atoms with Crippen molar-refractivity contribution in [1.82, 2.24) is 29.9 Å². The molecule has 0 atom stereocenters. The second kappa shape index (κ2) is 14.7. The fraction of sp³-hybridized carbons (Fsp3) is 0. The summed E-state index contributed by atoms with van der Waals surface area (Å²) >= 11 is 0. The Hall–Kier alpha value is -7.44. The molecular formula is C48H32N6. The first-order chi connectivity index (χ1) is 26.7. The maximum absolute atomic E-state index is 4.97. The largest absolute Gasteiger partial charge is 0.255 e. The molecule has 0 fully saturated rings. The van der Waals surface area contributed by atoms with Gasteiger partial charge < -0.3 is 0 Å². The standard InChI is InChI=1S/C48H32N6/c1-3-11-33(12-4-1)34-21-25-39(26-22-34)47-52-46(38-13-5-2-6-14-38)53-48(54-47)40-27-23-36(24-28-40)35-17-19-37(20-18-35)41-31-44(42-15-7-9-29-49-42)51-45(32-41)43-16-8-10-30-50-43/h1-32H. The predicted octanol–water partition coefficient (Wildman–Crippen LogP) is 11.4. The minimum absolute atomic E-state index is 0.623. The Morgan fingerprint density at radius 2 is 0.537 bits per heavy atom. The van der Waals surface area contributed by atoms with Crippen molar-refractivity contribution in [3.8, 4) is 90.3 Å². The van der Waals surface area contributed by atoms with E-state index in [1.807, 2.05) is 72.8 Å². The van der Waals surface area contributed by atoms with Crippen molar-refractivity contribution in [2.75, 3.05) is 0 Å². The summed E-state index contributed by atoms with van der Waals surface area (Å²) in [6, 6.07) is 61.7. The first-order valence-corrected chi connectivity index (χ1v) is 17.8. The normalized spacial score (nSPS) is 11.0. The summed E-state index contributed by atoms with van der Waals surface area (Å²) in [5.74, 6) is 1.89.